The predicted molar refractivity (Wildman–Crippen MR) is 846 cm³/mol. The topological polar surface area (TPSA) is 133 Å². The Bertz CT molecular complexity index is 3470. The van der Waals surface area contributed by atoms with Crippen LogP contribution in [0.1, 0.15) is 18.4 Å². The van der Waals surface area contributed by atoms with Gasteiger partial charge < -0.3 is 15.0 Å². The van der Waals surface area contributed by atoms with Gasteiger partial charge in [-0.1, -0.05) is 31.3 Å². The van der Waals surface area contributed by atoms with E-state index in [2.05, 4.69) is 404 Å². The summed E-state index contributed by atoms with van der Waals surface area (Å²) in [5.74, 6) is -0.261. The number of rotatable bonds is 49. The van der Waals surface area contributed by atoms with Crippen LogP contribution in [0.25, 0.3) is 34.0 Å². The lowest BCUT2D eigenvalue weighted by molar-refractivity contribution is 0.0983. The zero-order valence-electron chi connectivity index (χ0n) is 63.9. The molecule has 9 nitrogen and oxygen atoms in total. The van der Waals surface area contributed by atoms with Gasteiger partial charge in [-0.15, -0.1) is 384 Å². The second-order valence-corrected chi connectivity index (χ2v) is 375. The van der Waals surface area contributed by atoms with E-state index in [9.17, 15) is 17.2 Å². The van der Waals surface area contributed by atoms with Crippen molar-refractivity contribution in [1.29, 1.82) is 0 Å². The van der Waals surface area contributed by atoms with E-state index < -0.39 is 97.6 Å². The third-order valence-electron chi connectivity index (χ3n) is 13.9. The molecule has 0 spiro atoms. The summed E-state index contributed by atoms with van der Waals surface area (Å²) in [7, 11) is 157. The van der Waals surface area contributed by atoms with Gasteiger partial charge in [-0.25, -0.2) is 27.2 Å². The molecule has 123 heavy (non-hydrogen) atoms. The lowest BCUT2D eigenvalue weighted by atomic mass is 10.1. The number of nitrogens with one attached hydrogen (secondary N) is 1. The number of nitrogens with zero attached hydrogens (tertiary/aromatic N) is 3. The highest BCUT2D eigenvalue weighted by Crippen LogP contribution is 3.53. The number of ether oxygens (including phenoxy) is 1. The van der Waals surface area contributed by atoms with E-state index in [-0.39, 0.29) is 257 Å². The fourth-order valence-corrected chi connectivity index (χ4v) is 1270. The van der Waals surface area contributed by atoms with E-state index in [0.29, 0.717) is 42.9 Å². The average Bonchev–Trinajstić information content (AvgIpc) is 0.907. The molecule has 3 heterocycles. The molecular weight excluding hydrogens is 3150 g/mol. The van der Waals surface area contributed by atoms with E-state index in [1.165, 1.54) is 24.4 Å². The molecule has 97 heteroatoms. The summed E-state index contributed by atoms with van der Waals surface area (Å²) in [4.78, 5) is 8.99. The number of nitrogen functional groups attached to an aromatic ring is 1. The molecule has 0 saturated carbocycles. The van der Waals surface area contributed by atoms with Crippen molar-refractivity contribution < 1.29 is 26.5 Å². The quantitative estimate of drug-likeness (QED) is 0.0327. The largest absolute Gasteiger partial charge is 0.382 e. The number of benzene rings is 2. The predicted octanol–water partition coefficient (Wildman–Crippen LogP) is 54.1. The SMILES string of the molecule is Nc1ncc(-c2ccc(S(=O)(=O)C3CCOCC3)cc2)nc1-c1cc(-c2ccc(CNCF)cc2F)no1.PPP(P(P)P)P(P(P(P)P)P(P)P)P(P(P(P)P)P(P)P)P(P(P(P(P(P)P)P(P)P)P(P(P)P)P(P)P)P(P(P(P)P)P(P)P)P(P(P)P)P(P)P)P(P(P(P(P)P)P(P)P)P(P(P)P)P(P)P)P(P(P(P)P)P(P)P)P(P(P)P)P(P)P. The molecule has 2 aromatic carbocycles. The Kier molecular flexibility index (Phi) is 93.8. The number of anilines is 1. The van der Waals surface area contributed by atoms with Crippen molar-refractivity contribution in [2.75, 3.05) is 25.7 Å². The summed E-state index contributed by atoms with van der Waals surface area (Å²) in [5.41, 5.74) is 8.35. The van der Waals surface area contributed by atoms with Crippen LogP contribution in [-0.2, 0) is 21.1 Å². The first-order valence-electron chi connectivity index (χ1n) is 31.3. The lowest BCUT2D eigenvalue weighted by Gasteiger charge is -2.63. The Hall–Kier alpha value is 32.8. The maximum Gasteiger partial charge on any atom is 0.189 e. The number of hydrogen-bond donors (Lipinski definition) is 2. The molecule has 1 fully saturated rings. The van der Waals surface area contributed by atoms with Crippen LogP contribution in [0.3, 0.4) is 0 Å². The number of halogens is 2. The van der Waals surface area contributed by atoms with Gasteiger partial charge in [0.25, 0.3) is 0 Å². The van der Waals surface area contributed by atoms with Gasteiger partial charge in [0.1, 0.15) is 18.3 Å². The first-order valence-corrected chi connectivity index (χ1v) is 188. The molecule has 0 bridgehead atoms. The van der Waals surface area contributed by atoms with E-state index in [0.717, 1.165) is 7.96 Å². The van der Waals surface area contributed by atoms with Gasteiger partial charge in [-0.3, -0.25) is 5.32 Å². The standard InChI is InChI=1S/C26H25F2N5O4S.H87P85/c27-15-30-13-16-1-6-20(21(28)11-16)22-12-24(37-33-22)25-26(29)31-14-23(32-25)17-2-4-18(5-3-17)38(34,35)19-7-9-36-10-8-19;1-44-66(45(2)3)77(67(46(4)5)47(6)7)82(76(64(40)41)65(42)43)85(83(78(68(48(8)9)49(10)11)69(50(12)13)51(14)15)79(70(52(16)17)53(18)19)71(54(20)21)55(22)23)84(80(72(56(24)25)57(26)27)73(58(28)29)59(30)31)81(74(60(32)33)61(34)35)75(62(36)37)63(38)39/h1-6,11-12,14,19,30H,7-10,13,15H2,(H2,29,31);44H,1-43H2. The molecule has 1 saturated heterocycles. The molecule has 47 unspecified atom stereocenters. The van der Waals surface area contributed by atoms with Crippen molar-refractivity contribution in [2.24, 2.45) is 0 Å². The molecule has 710 valence electrons. The Morgan fingerprint density at radius 1 is 0.398 bits per heavy atom. The Morgan fingerprint density at radius 2 is 0.691 bits per heavy atom. The first kappa shape index (κ1) is 148. The van der Waals surface area contributed by atoms with Crippen LogP contribution in [0.2, 0.25) is 0 Å². The Balaban J connectivity index is 0.000000682. The van der Waals surface area contributed by atoms with Crippen LogP contribution in [0, 0.1) is 5.82 Å². The molecule has 3 N–H and O–H groups in total. The van der Waals surface area contributed by atoms with Crippen LogP contribution >= 0.6 is 678 Å². The van der Waals surface area contributed by atoms with Crippen molar-refractivity contribution in [3.8, 4) is 34.0 Å². The number of aromatic nitrogens is 3. The fourth-order valence-electron chi connectivity index (χ4n) is 9.49. The summed E-state index contributed by atoms with van der Waals surface area (Å²) >= 11 is 0. The molecule has 4 aromatic rings. The summed E-state index contributed by atoms with van der Waals surface area (Å²) in [6.45, 7) is -14.7. The van der Waals surface area contributed by atoms with Crippen LogP contribution in [0.5, 0.6) is 0 Å². The van der Waals surface area contributed by atoms with Gasteiger partial charge in [-0.2, -0.15) is 0 Å². The zero-order valence-corrected chi connectivity index (χ0v) is 152. The van der Waals surface area contributed by atoms with Crippen molar-refractivity contribution in [3.63, 3.8) is 0 Å². The molecule has 2 aromatic heterocycles. The monoisotopic (exact) mass is 3260 g/mol. The summed E-state index contributed by atoms with van der Waals surface area (Å²) in [6, 6.07) is 12.4. The Morgan fingerprint density at radius 3 is 0.967 bits per heavy atom. The number of nitrogens with two attached hydrogens (primary N) is 1. The molecule has 1 aliphatic heterocycles. The van der Waals surface area contributed by atoms with Gasteiger partial charge in [0.2, 0.25) is 0 Å². The third kappa shape index (κ3) is 47.5. The fraction of sp³-hybridized carbons (Fsp3) is 0.269. The minimum absolute atomic E-state index is 0.0864. The van der Waals surface area contributed by atoms with E-state index in [4.69, 9.17) is 15.0 Å². The number of alkyl halides is 1. The highest BCUT2D eigenvalue weighted by atomic mass is 33.6. The van der Waals surface area contributed by atoms with Crippen LogP contribution in [0.15, 0.2) is 64.1 Å². The van der Waals surface area contributed by atoms with Crippen molar-refractivity contribution in [3.05, 3.63) is 66.1 Å². The molecule has 1 aliphatic rings. The smallest absolute Gasteiger partial charge is 0.189 e. The van der Waals surface area contributed by atoms with E-state index >= 15 is 0 Å². The normalized spacial score (nSPS) is 15.4. The second kappa shape index (κ2) is 77.9. The van der Waals surface area contributed by atoms with E-state index in [1.54, 1.807) is 30.3 Å². The zero-order chi connectivity index (χ0) is 94.1. The Labute approximate surface area is 883 Å². The van der Waals surface area contributed by atoms with Crippen molar-refractivity contribution in [2.45, 2.75) is 29.5 Å². The molecule has 47 atom stereocenters. The lowest BCUT2D eigenvalue weighted by Crippen LogP contribution is -2.28. The summed E-state index contributed by atoms with van der Waals surface area (Å²) in [6.07, 6.45) is 2.42. The summed E-state index contributed by atoms with van der Waals surface area (Å²) in [5, 5.41) is 5.99. The molecule has 0 amide bonds. The maximum absolute atomic E-state index is 14.7. The highest BCUT2D eigenvalue weighted by Gasteiger charge is 2.66. The van der Waals surface area contributed by atoms with Gasteiger partial charge in [-0.05, 0) is 329 Å². The van der Waals surface area contributed by atoms with E-state index in [1.807, 2.05) is 0 Å². The molecule has 5 rings (SSSR count). The van der Waals surface area contributed by atoms with Crippen LogP contribution < -0.4 is 11.1 Å². The molecular formula is C26H112F2N5O4P85S. The second-order valence-electron chi connectivity index (χ2n) is 22.3. The minimum Gasteiger partial charge on any atom is -0.382 e. The summed E-state index contributed by atoms with van der Waals surface area (Å²) < 4.78 is 63.6. The van der Waals surface area contributed by atoms with Crippen LogP contribution in [-0.4, -0.2) is 48.8 Å². The molecule has 0 radical (unpaired) electrons. The van der Waals surface area contributed by atoms with Crippen molar-refractivity contribution in [1.82, 2.24) is 20.4 Å². The van der Waals surface area contributed by atoms with Gasteiger partial charge >= 0.3 is 0 Å². The van der Waals surface area contributed by atoms with Crippen molar-refractivity contribution >= 4 is 694 Å². The van der Waals surface area contributed by atoms with Gasteiger partial charge in [0.15, 0.2) is 27.1 Å². The third-order valence-corrected chi connectivity index (χ3v) is 617. The van der Waals surface area contributed by atoms with Crippen LogP contribution in [0.4, 0.5) is 14.6 Å². The number of sulfone groups is 1. The van der Waals surface area contributed by atoms with Gasteiger partial charge in [0.05, 0.1) is 22.0 Å². The molecule has 0 aliphatic carbocycles. The highest BCUT2D eigenvalue weighted by molar-refractivity contribution is 9.58. The van der Waals surface area contributed by atoms with Gasteiger partial charge in [0, 0.05) is 37.0 Å². The first-order chi connectivity index (χ1) is 57.1. The maximum atomic E-state index is 14.7. The average molecular weight is 3260 g/mol. The number of hydrogen-bond acceptors (Lipinski definition) is 9. The minimum atomic E-state index is -3.46.